The number of hydrogen-bond donors (Lipinski definition) is 2. The minimum Gasteiger partial charge on any atom is -0.480 e. The first-order valence-electron chi connectivity index (χ1n) is 5.20. The maximum absolute atomic E-state index is 11.0. The minimum atomic E-state index is -1.00. The van der Waals surface area contributed by atoms with Gasteiger partial charge in [0.1, 0.15) is 5.54 Å². The Hall–Kier alpha value is -0.650. The Labute approximate surface area is 89.8 Å². The third-order valence-corrected chi connectivity index (χ3v) is 2.80. The zero-order chi connectivity index (χ0) is 11.3. The summed E-state index contributed by atoms with van der Waals surface area (Å²) < 4.78 is 10.8. The van der Waals surface area contributed by atoms with E-state index in [1.54, 1.807) is 14.0 Å². The molecule has 88 valence electrons. The number of carboxylic acids is 1. The summed E-state index contributed by atoms with van der Waals surface area (Å²) in [6.45, 7) is 3.21. The van der Waals surface area contributed by atoms with Gasteiger partial charge >= 0.3 is 5.97 Å². The monoisotopic (exact) mass is 217 g/mol. The number of carbonyl (C=O) groups is 1. The molecule has 0 amide bonds. The van der Waals surface area contributed by atoms with Crippen molar-refractivity contribution < 1.29 is 19.4 Å². The minimum absolute atomic E-state index is 0.130. The maximum atomic E-state index is 11.0. The number of ether oxygens (including phenoxy) is 2. The van der Waals surface area contributed by atoms with Crippen LogP contribution >= 0.6 is 0 Å². The molecule has 1 unspecified atom stereocenters. The van der Waals surface area contributed by atoms with Gasteiger partial charge in [0.15, 0.2) is 0 Å². The van der Waals surface area contributed by atoms with Crippen LogP contribution in [0.4, 0.5) is 0 Å². The Morgan fingerprint density at radius 3 is 2.67 bits per heavy atom. The molecule has 0 saturated carbocycles. The molecular weight excluding hydrogens is 198 g/mol. The smallest absolute Gasteiger partial charge is 0.326 e. The molecule has 1 fully saturated rings. The Balaban J connectivity index is 2.36. The van der Waals surface area contributed by atoms with Crippen molar-refractivity contribution in [1.29, 1.82) is 0 Å². The predicted molar refractivity (Wildman–Crippen MR) is 54.9 cm³/mol. The molecule has 1 aliphatic rings. The summed E-state index contributed by atoms with van der Waals surface area (Å²) in [4.78, 5) is 11.0. The first kappa shape index (κ1) is 12.4. The SMILES string of the molecule is CNC(C)(COC1CCOCC1)C(=O)O. The lowest BCUT2D eigenvalue weighted by molar-refractivity contribution is -0.148. The molecule has 0 radical (unpaired) electrons. The molecule has 5 heteroatoms. The molecule has 1 heterocycles. The first-order valence-corrected chi connectivity index (χ1v) is 5.20. The summed E-state index contributed by atoms with van der Waals surface area (Å²) in [5.41, 5.74) is -1.00. The van der Waals surface area contributed by atoms with Gasteiger partial charge in [0.25, 0.3) is 0 Å². The molecule has 0 aliphatic carbocycles. The van der Waals surface area contributed by atoms with Gasteiger partial charge in [0.05, 0.1) is 12.7 Å². The van der Waals surface area contributed by atoms with E-state index in [9.17, 15) is 4.79 Å². The normalized spacial score (nSPS) is 22.3. The Morgan fingerprint density at radius 2 is 2.20 bits per heavy atom. The van der Waals surface area contributed by atoms with Gasteiger partial charge in [-0.25, -0.2) is 0 Å². The summed E-state index contributed by atoms with van der Waals surface area (Å²) in [5, 5.41) is 11.8. The van der Waals surface area contributed by atoms with E-state index in [2.05, 4.69) is 5.32 Å². The molecule has 1 atom stereocenters. The van der Waals surface area contributed by atoms with Crippen LogP contribution in [-0.2, 0) is 14.3 Å². The predicted octanol–water partition coefficient (Wildman–Crippen LogP) is 0.245. The van der Waals surface area contributed by atoms with Gasteiger partial charge in [-0.05, 0) is 26.8 Å². The molecule has 15 heavy (non-hydrogen) atoms. The van der Waals surface area contributed by atoms with Crippen molar-refractivity contribution in [1.82, 2.24) is 5.32 Å². The lowest BCUT2D eigenvalue weighted by Crippen LogP contribution is -2.52. The van der Waals surface area contributed by atoms with Crippen LogP contribution in [0.2, 0.25) is 0 Å². The van der Waals surface area contributed by atoms with Gasteiger partial charge in [-0.3, -0.25) is 4.79 Å². The van der Waals surface area contributed by atoms with Crippen LogP contribution < -0.4 is 5.32 Å². The van der Waals surface area contributed by atoms with Crippen molar-refractivity contribution in [3.8, 4) is 0 Å². The lowest BCUT2D eigenvalue weighted by Gasteiger charge is -2.28. The van der Waals surface area contributed by atoms with E-state index in [4.69, 9.17) is 14.6 Å². The topological polar surface area (TPSA) is 67.8 Å². The average Bonchev–Trinajstić information content (AvgIpc) is 2.27. The molecule has 0 spiro atoms. The Morgan fingerprint density at radius 1 is 1.60 bits per heavy atom. The summed E-state index contributed by atoms with van der Waals surface area (Å²) in [7, 11) is 1.63. The Bertz CT molecular complexity index is 215. The molecule has 1 rings (SSSR count). The second-order valence-corrected chi connectivity index (χ2v) is 4.01. The number of rotatable bonds is 5. The number of nitrogens with one attached hydrogen (secondary N) is 1. The van der Waals surface area contributed by atoms with Crippen molar-refractivity contribution in [2.75, 3.05) is 26.9 Å². The highest BCUT2D eigenvalue weighted by atomic mass is 16.5. The van der Waals surface area contributed by atoms with Gasteiger partial charge in [0.2, 0.25) is 0 Å². The second kappa shape index (κ2) is 5.44. The fourth-order valence-corrected chi connectivity index (χ4v) is 1.37. The van der Waals surface area contributed by atoms with Crippen molar-refractivity contribution in [2.45, 2.75) is 31.4 Å². The van der Waals surface area contributed by atoms with E-state index in [-0.39, 0.29) is 12.7 Å². The molecule has 5 nitrogen and oxygen atoms in total. The van der Waals surface area contributed by atoms with E-state index >= 15 is 0 Å². The average molecular weight is 217 g/mol. The third kappa shape index (κ3) is 3.44. The second-order valence-electron chi connectivity index (χ2n) is 4.01. The summed E-state index contributed by atoms with van der Waals surface area (Å²) in [6.07, 6.45) is 1.82. The fraction of sp³-hybridized carbons (Fsp3) is 0.900. The van der Waals surface area contributed by atoms with Crippen LogP contribution in [-0.4, -0.2) is 49.6 Å². The number of likely N-dealkylation sites (N-methyl/N-ethyl adjacent to an activating group) is 1. The van der Waals surface area contributed by atoms with Crippen LogP contribution in [0.3, 0.4) is 0 Å². The molecule has 1 saturated heterocycles. The highest BCUT2D eigenvalue weighted by molar-refractivity contribution is 5.78. The lowest BCUT2D eigenvalue weighted by atomic mass is 10.0. The van der Waals surface area contributed by atoms with Gasteiger partial charge < -0.3 is 19.9 Å². The van der Waals surface area contributed by atoms with Crippen molar-refractivity contribution in [2.24, 2.45) is 0 Å². The standard InChI is InChI=1S/C10H19NO4/c1-10(11-2,9(12)13)7-15-8-3-5-14-6-4-8/h8,11H,3-7H2,1-2H3,(H,12,13). The molecule has 0 aromatic rings. The van der Waals surface area contributed by atoms with Crippen molar-refractivity contribution >= 4 is 5.97 Å². The largest absolute Gasteiger partial charge is 0.480 e. The van der Waals surface area contributed by atoms with E-state index in [1.807, 2.05) is 0 Å². The summed E-state index contributed by atoms with van der Waals surface area (Å²) >= 11 is 0. The quantitative estimate of drug-likeness (QED) is 0.690. The molecule has 0 aromatic heterocycles. The highest BCUT2D eigenvalue weighted by Gasteiger charge is 2.32. The zero-order valence-corrected chi connectivity index (χ0v) is 9.28. The van der Waals surface area contributed by atoms with Crippen LogP contribution in [0.1, 0.15) is 19.8 Å². The molecule has 0 bridgehead atoms. The summed E-state index contributed by atoms with van der Waals surface area (Å²) in [6, 6.07) is 0. The molecular formula is C10H19NO4. The molecule has 2 N–H and O–H groups in total. The number of hydrogen-bond acceptors (Lipinski definition) is 4. The molecule has 1 aliphatic heterocycles. The highest BCUT2D eigenvalue weighted by Crippen LogP contribution is 2.13. The van der Waals surface area contributed by atoms with Gasteiger partial charge in [0, 0.05) is 13.2 Å². The number of carboxylic acid groups (broad SMARTS) is 1. The van der Waals surface area contributed by atoms with E-state index in [0.29, 0.717) is 13.2 Å². The van der Waals surface area contributed by atoms with Crippen LogP contribution in [0.15, 0.2) is 0 Å². The van der Waals surface area contributed by atoms with Crippen molar-refractivity contribution in [3.05, 3.63) is 0 Å². The Kier molecular flexibility index (Phi) is 4.50. The van der Waals surface area contributed by atoms with Crippen LogP contribution in [0.5, 0.6) is 0 Å². The first-order chi connectivity index (χ1) is 7.08. The van der Waals surface area contributed by atoms with E-state index < -0.39 is 11.5 Å². The molecule has 0 aromatic carbocycles. The van der Waals surface area contributed by atoms with Crippen molar-refractivity contribution in [3.63, 3.8) is 0 Å². The van der Waals surface area contributed by atoms with E-state index in [0.717, 1.165) is 12.8 Å². The number of aliphatic carboxylic acids is 1. The van der Waals surface area contributed by atoms with Gasteiger partial charge in [-0.2, -0.15) is 0 Å². The fourth-order valence-electron chi connectivity index (χ4n) is 1.37. The third-order valence-electron chi connectivity index (χ3n) is 2.80. The van der Waals surface area contributed by atoms with Gasteiger partial charge in [-0.1, -0.05) is 0 Å². The van der Waals surface area contributed by atoms with Crippen LogP contribution in [0.25, 0.3) is 0 Å². The van der Waals surface area contributed by atoms with Crippen LogP contribution in [0, 0.1) is 0 Å². The van der Waals surface area contributed by atoms with Gasteiger partial charge in [-0.15, -0.1) is 0 Å². The zero-order valence-electron chi connectivity index (χ0n) is 9.28. The maximum Gasteiger partial charge on any atom is 0.326 e. The summed E-state index contributed by atoms with van der Waals surface area (Å²) in [5.74, 6) is -0.892. The van der Waals surface area contributed by atoms with E-state index in [1.165, 1.54) is 0 Å².